The third-order valence-electron chi connectivity index (χ3n) is 4.00. The van der Waals surface area contributed by atoms with E-state index in [9.17, 15) is 0 Å². The Labute approximate surface area is 143 Å². The highest BCUT2D eigenvalue weighted by molar-refractivity contribution is 7.18. The molecule has 4 rings (SSSR count). The molecule has 0 aliphatic carbocycles. The van der Waals surface area contributed by atoms with Gasteiger partial charge in [-0.15, -0.1) is 11.3 Å². The number of nitrogens with one attached hydrogen (secondary N) is 2. The maximum absolute atomic E-state index is 4.42. The van der Waals surface area contributed by atoms with Gasteiger partial charge in [0.15, 0.2) is 5.82 Å². The molecule has 2 N–H and O–H groups in total. The van der Waals surface area contributed by atoms with Gasteiger partial charge in [0.2, 0.25) is 0 Å². The number of thiophene rings is 1. The fourth-order valence-electron chi connectivity index (χ4n) is 2.87. The molecule has 0 saturated heterocycles. The van der Waals surface area contributed by atoms with Gasteiger partial charge in [-0.1, -0.05) is 25.1 Å². The maximum atomic E-state index is 4.42. The van der Waals surface area contributed by atoms with Crippen molar-refractivity contribution in [2.45, 2.75) is 20.3 Å². The van der Waals surface area contributed by atoms with Crippen molar-refractivity contribution in [1.82, 2.24) is 15.0 Å². The standard InChI is InChI=1S/C18H17N5S/c1-3-15-14(12-6-4-5-7-16(12)22-15)9-21-23-17-13-8-11(2)24-18(13)20-10-19-17/h4-10,22H,3H2,1-2H3,(H,19,20,23)/b21-9-. The summed E-state index contributed by atoms with van der Waals surface area (Å²) in [6.45, 7) is 4.20. The molecule has 0 bridgehead atoms. The zero-order valence-corrected chi connectivity index (χ0v) is 14.3. The van der Waals surface area contributed by atoms with Crippen LogP contribution in [0.3, 0.4) is 0 Å². The largest absolute Gasteiger partial charge is 0.358 e. The van der Waals surface area contributed by atoms with Crippen molar-refractivity contribution in [3.63, 3.8) is 0 Å². The summed E-state index contributed by atoms with van der Waals surface area (Å²) in [4.78, 5) is 14.2. The number of para-hydroxylation sites is 1. The van der Waals surface area contributed by atoms with Crippen molar-refractivity contribution in [3.8, 4) is 0 Å². The second-order valence-electron chi connectivity index (χ2n) is 5.58. The van der Waals surface area contributed by atoms with Gasteiger partial charge in [0.05, 0.1) is 11.6 Å². The summed E-state index contributed by atoms with van der Waals surface area (Å²) in [7, 11) is 0. The third-order valence-corrected chi connectivity index (χ3v) is 4.96. The van der Waals surface area contributed by atoms with E-state index in [4.69, 9.17) is 0 Å². The van der Waals surface area contributed by atoms with E-state index >= 15 is 0 Å². The number of anilines is 1. The van der Waals surface area contributed by atoms with Crippen molar-refractivity contribution in [2.24, 2.45) is 5.10 Å². The molecule has 120 valence electrons. The average Bonchev–Trinajstić information content (AvgIpc) is 3.15. The van der Waals surface area contributed by atoms with E-state index in [2.05, 4.69) is 57.5 Å². The van der Waals surface area contributed by atoms with Crippen LogP contribution in [-0.4, -0.2) is 21.2 Å². The van der Waals surface area contributed by atoms with Crippen molar-refractivity contribution < 1.29 is 0 Å². The van der Waals surface area contributed by atoms with Crippen LogP contribution in [0.15, 0.2) is 41.8 Å². The minimum atomic E-state index is 0.735. The summed E-state index contributed by atoms with van der Waals surface area (Å²) in [6, 6.07) is 10.4. The van der Waals surface area contributed by atoms with Crippen molar-refractivity contribution in [3.05, 3.63) is 52.8 Å². The van der Waals surface area contributed by atoms with E-state index in [1.54, 1.807) is 17.7 Å². The average molecular weight is 335 g/mol. The van der Waals surface area contributed by atoms with E-state index < -0.39 is 0 Å². The minimum Gasteiger partial charge on any atom is -0.358 e. The number of nitrogens with zero attached hydrogens (tertiary/aromatic N) is 3. The zero-order chi connectivity index (χ0) is 16.5. The Kier molecular flexibility index (Phi) is 3.74. The first-order chi connectivity index (χ1) is 11.8. The zero-order valence-electron chi connectivity index (χ0n) is 13.5. The van der Waals surface area contributed by atoms with Crippen molar-refractivity contribution >= 4 is 44.5 Å². The number of rotatable bonds is 4. The van der Waals surface area contributed by atoms with Gasteiger partial charge in [-0.3, -0.25) is 5.43 Å². The van der Waals surface area contributed by atoms with Gasteiger partial charge in [-0.05, 0) is 25.5 Å². The summed E-state index contributed by atoms with van der Waals surface area (Å²) in [5.74, 6) is 0.735. The highest BCUT2D eigenvalue weighted by atomic mass is 32.1. The van der Waals surface area contributed by atoms with Crippen LogP contribution in [0.2, 0.25) is 0 Å². The summed E-state index contributed by atoms with van der Waals surface area (Å²) in [5, 5.41) is 6.61. The van der Waals surface area contributed by atoms with Crippen LogP contribution < -0.4 is 5.43 Å². The molecule has 0 saturated carbocycles. The van der Waals surface area contributed by atoms with E-state index in [1.165, 1.54) is 16.0 Å². The first kappa shape index (κ1) is 14.8. The van der Waals surface area contributed by atoms with Crippen LogP contribution >= 0.6 is 11.3 Å². The Balaban J connectivity index is 1.68. The number of hydrogen-bond donors (Lipinski definition) is 2. The van der Waals surface area contributed by atoms with Crippen molar-refractivity contribution in [2.75, 3.05) is 5.43 Å². The molecule has 3 heterocycles. The number of benzene rings is 1. The number of hydrogen-bond acceptors (Lipinski definition) is 5. The molecule has 0 aliphatic heterocycles. The van der Waals surface area contributed by atoms with Crippen LogP contribution in [-0.2, 0) is 6.42 Å². The van der Waals surface area contributed by atoms with Gasteiger partial charge in [-0.25, -0.2) is 9.97 Å². The highest BCUT2D eigenvalue weighted by Crippen LogP contribution is 2.27. The predicted molar refractivity (Wildman–Crippen MR) is 101 cm³/mol. The van der Waals surface area contributed by atoms with E-state index in [0.29, 0.717) is 0 Å². The second kappa shape index (κ2) is 6.05. The SMILES string of the molecule is CCc1[nH]c2ccccc2c1/C=N\Nc1ncnc2sc(C)cc12. The van der Waals surface area contributed by atoms with E-state index in [1.807, 2.05) is 18.3 Å². The molecular weight excluding hydrogens is 318 g/mol. The number of H-pyrrole nitrogens is 1. The van der Waals surface area contributed by atoms with Gasteiger partial charge >= 0.3 is 0 Å². The molecular formula is C18H17N5S. The topological polar surface area (TPSA) is 66.0 Å². The minimum absolute atomic E-state index is 0.735. The molecule has 3 aromatic heterocycles. The lowest BCUT2D eigenvalue weighted by Crippen LogP contribution is -1.96. The number of aromatic nitrogens is 3. The first-order valence-electron chi connectivity index (χ1n) is 7.86. The third kappa shape index (κ3) is 2.55. The predicted octanol–water partition coefficient (Wildman–Crippen LogP) is 4.49. The molecule has 0 amide bonds. The molecule has 1 aromatic carbocycles. The second-order valence-corrected chi connectivity index (χ2v) is 6.82. The highest BCUT2D eigenvalue weighted by Gasteiger charge is 2.08. The van der Waals surface area contributed by atoms with Gasteiger partial charge in [0, 0.05) is 27.0 Å². The fraction of sp³-hybridized carbons (Fsp3) is 0.167. The van der Waals surface area contributed by atoms with Gasteiger partial charge in [0.25, 0.3) is 0 Å². The number of aryl methyl sites for hydroxylation is 2. The normalized spacial score (nSPS) is 11.8. The molecule has 0 spiro atoms. The molecule has 0 atom stereocenters. The fourth-order valence-corrected chi connectivity index (χ4v) is 3.72. The molecule has 4 aromatic rings. The lowest BCUT2D eigenvalue weighted by atomic mass is 10.1. The Morgan fingerprint density at radius 2 is 2.12 bits per heavy atom. The number of fused-ring (bicyclic) bond motifs is 2. The van der Waals surface area contributed by atoms with Gasteiger partial charge in [-0.2, -0.15) is 5.10 Å². The Morgan fingerprint density at radius 3 is 3.00 bits per heavy atom. The van der Waals surface area contributed by atoms with E-state index in [-0.39, 0.29) is 0 Å². The van der Waals surface area contributed by atoms with Crippen LogP contribution in [0.25, 0.3) is 21.1 Å². The maximum Gasteiger partial charge on any atom is 0.158 e. The van der Waals surface area contributed by atoms with Crippen LogP contribution in [0.1, 0.15) is 23.1 Å². The molecule has 0 unspecified atom stereocenters. The van der Waals surface area contributed by atoms with Gasteiger partial charge < -0.3 is 4.98 Å². The summed E-state index contributed by atoms with van der Waals surface area (Å²) < 4.78 is 0. The molecule has 5 nitrogen and oxygen atoms in total. The van der Waals surface area contributed by atoms with Crippen LogP contribution in [0.4, 0.5) is 5.82 Å². The summed E-state index contributed by atoms with van der Waals surface area (Å²) in [5.41, 5.74) is 6.50. The van der Waals surface area contributed by atoms with Gasteiger partial charge in [0.1, 0.15) is 11.2 Å². The molecule has 0 radical (unpaired) electrons. The van der Waals surface area contributed by atoms with E-state index in [0.717, 1.165) is 33.5 Å². The molecule has 0 fully saturated rings. The van der Waals surface area contributed by atoms with Crippen molar-refractivity contribution in [1.29, 1.82) is 0 Å². The molecule has 0 aliphatic rings. The summed E-state index contributed by atoms with van der Waals surface area (Å²) >= 11 is 1.66. The number of hydrazone groups is 1. The molecule has 24 heavy (non-hydrogen) atoms. The quantitative estimate of drug-likeness (QED) is 0.426. The summed E-state index contributed by atoms with van der Waals surface area (Å²) in [6.07, 6.45) is 4.36. The monoisotopic (exact) mass is 335 g/mol. The number of aromatic amines is 1. The Hall–Kier alpha value is -2.73. The first-order valence-corrected chi connectivity index (χ1v) is 8.67. The Bertz CT molecular complexity index is 1040. The smallest absolute Gasteiger partial charge is 0.158 e. The Morgan fingerprint density at radius 1 is 1.25 bits per heavy atom. The molecule has 6 heteroatoms. The lowest BCUT2D eigenvalue weighted by Gasteiger charge is -2.00. The lowest BCUT2D eigenvalue weighted by molar-refractivity contribution is 1.07. The van der Waals surface area contributed by atoms with Crippen LogP contribution in [0, 0.1) is 6.92 Å². The van der Waals surface area contributed by atoms with Crippen LogP contribution in [0.5, 0.6) is 0 Å².